The van der Waals surface area contributed by atoms with E-state index in [2.05, 4.69) is 25.9 Å². The van der Waals surface area contributed by atoms with Crippen molar-refractivity contribution >= 4 is 23.2 Å². The molecule has 0 radical (unpaired) electrons. The molecule has 26 heavy (non-hydrogen) atoms. The van der Waals surface area contributed by atoms with Gasteiger partial charge in [0.25, 0.3) is 0 Å². The van der Waals surface area contributed by atoms with Crippen LogP contribution in [0.5, 0.6) is 0 Å². The standard InChI is InChI=1S/C19H18N6O/c1-12-8-9-14(10-16(12)13(2)26)21-19-20-11-17-18(22-19)25(24-23-17)15-6-4-3-5-7-15/h3-10H,11H2,1-2H3,(H2,20,21,22). The second-order valence-electron chi connectivity index (χ2n) is 6.13. The smallest absolute Gasteiger partial charge is 0.201 e. The van der Waals surface area contributed by atoms with Gasteiger partial charge in [-0.05, 0) is 43.7 Å². The number of benzene rings is 2. The molecule has 0 spiro atoms. The number of guanidine groups is 1. The third-order valence-corrected chi connectivity index (χ3v) is 4.24. The molecule has 2 N–H and O–H groups in total. The van der Waals surface area contributed by atoms with Crippen molar-refractivity contribution in [3.8, 4) is 5.69 Å². The number of hydrogen-bond donors (Lipinski definition) is 2. The molecule has 0 fully saturated rings. The first kappa shape index (κ1) is 16.0. The zero-order valence-corrected chi connectivity index (χ0v) is 14.5. The first-order valence-electron chi connectivity index (χ1n) is 8.32. The third-order valence-electron chi connectivity index (χ3n) is 4.24. The summed E-state index contributed by atoms with van der Waals surface area (Å²) in [5.41, 5.74) is 4.16. The molecule has 0 saturated heterocycles. The molecular weight excluding hydrogens is 328 g/mol. The summed E-state index contributed by atoms with van der Waals surface area (Å²) in [4.78, 5) is 16.2. The Kier molecular flexibility index (Phi) is 3.96. The Morgan fingerprint density at radius 3 is 2.77 bits per heavy atom. The number of rotatable bonds is 3. The highest BCUT2D eigenvalue weighted by Gasteiger charge is 2.20. The minimum atomic E-state index is 0.0401. The molecule has 0 aliphatic carbocycles. The molecule has 1 aromatic heterocycles. The van der Waals surface area contributed by atoms with Crippen LogP contribution in [-0.4, -0.2) is 26.7 Å². The van der Waals surface area contributed by atoms with E-state index < -0.39 is 0 Å². The predicted molar refractivity (Wildman–Crippen MR) is 101 cm³/mol. The van der Waals surface area contributed by atoms with E-state index in [0.717, 1.165) is 28.5 Å². The van der Waals surface area contributed by atoms with Gasteiger partial charge in [-0.2, -0.15) is 4.68 Å². The van der Waals surface area contributed by atoms with Gasteiger partial charge in [0.2, 0.25) is 5.96 Å². The summed E-state index contributed by atoms with van der Waals surface area (Å²) < 4.78 is 1.75. The van der Waals surface area contributed by atoms with Crippen LogP contribution in [0.25, 0.3) is 5.69 Å². The molecule has 7 heteroatoms. The van der Waals surface area contributed by atoms with Crippen LogP contribution < -0.4 is 10.6 Å². The van der Waals surface area contributed by atoms with Gasteiger partial charge < -0.3 is 10.6 Å². The van der Waals surface area contributed by atoms with Gasteiger partial charge in [0.1, 0.15) is 5.69 Å². The molecule has 3 aromatic rings. The number of nitrogens with one attached hydrogen (secondary N) is 2. The van der Waals surface area contributed by atoms with E-state index in [-0.39, 0.29) is 5.78 Å². The van der Waals surface area contributed by atoms with Crippen molar-refractivity contribution in [1.29, 1.82) is 0 Å². The number of para-hydroxylation sites is 1. The fourth-order valence-corrected chi connectivity index (χ4v) is 2.89. The van der Waals surface area contributed by atoms with E-state index in [9.17, 15) is 4.79 Å². The first-order valence-corrected chi connectivity index (χ1v) is 8.32. The highest BCUT2D eigenvalue weighted by molar-refractivity contribution is 6.05. The molecule has 2 heterocycles. The van der Waals surface area contributed by atoms with Gasteiger partial charge >= 0.3 is 0 Å². The van der Waals surface area contributed by atoms with Gasteiger partial charge in [0, 0.05) is 11.3 Å². The zero-order valence-electron chi connectivity index (χ0n) is 14.5. The van der Waals surface area contributed by atoms with Gasteiger partial charge in [0.05, 0.1) is 12.2 Å². The molecule has 1 aliphatic heterocycles. The first-order chi connectivity index (χ1) is 12.6. The number of hydrogen-bond acceptors (Lipinski definition) is 6. The van der Waals surface area contributed by atoms with E-state index in [4.69, 9.17) is 0 Å². The highest BCUT2D eigenvalue weighted by Crippen LogP contribution is 2.23. The number of carbonyl (C=O) groups is 1. The van der Waals surface area contributed by atoms with Crippen LogP contribution in [-0.2, 0) is 6.54 Å². The highest BCUT2D eigenvalue weighted by atomic mass is 16.1. The van der Waals surface area contributed by atoms with Gasteiger partial charge in [0.15, 0.2) is 11.6 Å². The summed E-state index contributed by atoms with van der Waals surface area (Å²) in [6.45, 7) is 3.93. The molecule has 0 saturated carbocycles. The second-order valence-corrected chi connectivity index (χ2v) is 6.13. The van der Waals surface area contributed by atoms with Crippen LogP contribution in [0, 0.1) is 6.92 Å². The topological polar surface area (TPSA) is 84.2 Å². The second kappa shape index (κ2) is 6.44. The van der Waals surface area contributed by atoms with Gasteiger partial charge in [-0.1, -0.05) is 29.5 Å². The van der Waals surface area contributed by atoms with Gasteiger partial charge in [-0.25, -0.2) is 4.99 Å². The average molecular weight is 346 g/mol. The average Bonchev–Trinajstić information content (AvgIpc) is 3.07. The number of ketones is 1. The van der Waals surface area contributed by atoms with Crippen LogP contribution in [0.3, 0.4) is 0 Å². The summed E-state index contributed by atoms with van der Waals surface area (Å²) in [7, 11) is 0. The number of carbonyl (C=O) groups excluding carboxylic acids is 1. The van der Waals surface area contributed by atoms with Crippen LogP contribution >= 0.6 is 0 Å². The molecule has 0 unspecified atom stereocenters. The molecule has 130 valence electrons. The summed E-state index contributed by atoms with van der Waals surface area (Å²) in [5, 5.41) is 14.9. The number of nitrogens with zero attached hydrogens (tertiary/aromatic N) is 4. The normalized spacial score (nSPS) is 12.8. The molecule has 2 aromatic carbocycles. The van der Waals surface area contributed by atoms with Crippen molar-refractivity contribution in [3.63, 3.8) is 0 Å². The Bertz CT molecular complexity index is 1010. The van der Waals surface area contributed by atoms with Crippen LogP contribution in [0.4, 0.5) is 11.5 Å². The number of aliphatic imine (C=N–C) groups is 1. The van der Waals surface area contributed by atoms with E-state index in [1.165, 1.54) is 0 Å². The van der Waals surface area contributed by atoms with Gasteiger partial charge in [-0.15, -0.1) is 5.10 Å². The molecule has 0 bridgehead atoms. The molecule has 4 rings (SSSR count). The number of aryl methyl sites for hydroxylation is 1. The fraction of sp³-hybridized carbons (Fsp3) is 0.158. The molecule has 0 atom stereocenters. The molecule has 7 nitrogen and oxygen atoms in total. The van der Waals surface area contributed by atoms with Crippen molar-refractivity contribution in [2.75, 3.05) is 10.6 Å². The quantitative estimate of drug-likeness (QED) is 0.712. The molecule has 1 aliphatic rings. The van der Waals surface area contributed by atoms with Crippen LogP contribution in [0.15, 0.2) is 53.5 Å². The Labute approximate surface area is 150 Å². The largest absolute Gasteiger partial charge is 0.326 e. The lowest BCUT2D eigenvalue weighted by Crippen LogP contribution is -2.27. The van der Waals surface area contributed by atoms with Crippen molar-refractivity contribution in [3.05, 3.63) is 65.4 Å². The Hall–Kier alpha value is -3.48. The van der Waals surface area contributed by atoms with E-state index >= 15 is 0 Å². The lowest BCUT2D eigenvalue weighted by atomic mass is 10.0. The summed E-state index contributed by atoms with van der Waals surface area (Å²) in [6, 6.07) is 15.5. The van der Waals surface area contributed by atoms with E-state index in [0.29, 0.717) is 18.1 Å². The predicted octanol–water partition coefficient (Wildman–Crippen LogP) is 3.17. The lowest BCUT2D eigenvalue weighted by molar-refractivity contribution is 0.101. The van der Waals surface area contributed by atoms with Crippen molar-refractivity contribution < 1.29 is 4.79 Å². The fourth-order valence-electron chi connectivity index (χ4n) is 2.89. The van der Waals surface area contributed by atoms with E-state index in [1.807, 2.05) is 55.5 Å². The maximum Gasteiger partial charge on any atom is 0.201 e. The number of aromatic nitrogens is 3. The summed E-state index contributed by atoms with van der Waals surface area (Å²) >= 11 is 0. The SMILES string of the molecule is CC(=O)c1cc(NC2=NCc3nnn(-c4ccccc4)c3N2)ccc1C. The number of anilines is 2. The van der Waals surface area contributed by atoms with Crippen LogP contribution in [0.1, 0.15) is 28.5 Å². The minimum Gasteiger partial charge on any atom is -0.326 e. The monoisotopic (exact) mass is 346 g/mol. The van der Waals surface area contributed by atoms with Crippen molar-refractivity contribution in [1.82, 2.24) is 15.0 Å². The number of Topliss-reactive ketones (excluding diaryl/α,β-unsaturated/α-hetero) is 1. The Morgan fingerprint density at radius 2 is 2.00 bits per heavy atom. The maximum atomic E-state index is 11.7. The molecular formula is C19H18N6O. The Balaban J connectivity index is 1.59. The van der Waals surface area contributed by atoms with Gasteiger partial charge in [-0.3, -0.25) is 4.79 Å². The molecule has 0 amide bonds. The zero-order chi connectivity index (χ0) is 18.1. The maximum absolute atomic E-state index is 11.7. The summed E-state index contributed by atoms with van der Waals surface area (Å²) in [6.07, 6.45) is 0. The minimum absolute atomic E-state index is 0.0401. The van der Waals surface area contributed by atoms with E-state index in [1.54, 1.807) is 11.6 Å². The third kappa shape index (κ3) is 2.95. The van der Waals surface area contributed by atoms with Crippen molar-refractivity contribution in [2.45, 2.75) is 20.4 Å². The summed E-state index contributed by atoms with van der Waals surface area (Å²) in [5.74, 6) is 1.42. The van der Waals surface area contributed by atoms with Crippen molar-refractivity contribution in [2.24, 2.45) is 4.99 Å². The van der Waals surface area contributed by atoms with Crippen LogP contribution in [0.2, 0.25) is 0 Å². The number of fused-ring (bicyclic) bond motifs is 1. The lowest BCUT2D eigenvalue weighted by Gasteiger charge is -2.18. The Morgan fingerprint density at radius 1 is 1.19 bits per heavy atom.